The first kappa shape index (κ1) is 12.3. The minimum Gasteiger partial charge on any atom is -0.271 e. The molecule has 2 unspecified atom stereocenters. The molecule has 1 rings (SSSR count). The molecule has 2 atom stereocenters. The summed E-state index contributed by atoms with van der Waals surface area (Å²) < 4.78 is 0.367. The molecule has 0 saturated carbocycles. The predicted molar refractivity (Wildman–Crippen MR) is 65.3 cm³/mol. The van der Waals surface area contributed by atoms with E-state index in [2.05, 4.69) is 38.0 Å². The molecule has 0 aromatic carbocycles. The lowest BCUT2D eigenvalue weighted by Crippen LogP contribution is -2.52. The second-order valence-corrected chi connectivity index (χ2v) is 6.12. The Bertz CT molecular complexity index is 163. The maximum atomic E-state index is 5.73. The molecule has 2 nitrogen and oxygen atoms in total. The van der Waals surface area contributed by atoms with Gasteiger partial charge in [-0.2, -0.15) is 11.8 Å². The van der Waals surface area contributed by atoms with Crippen LogP contribution in [-0.4, -0.2) is 16.5 Å². The Morgan fingerprint density at radius 2 is 2.07 bits per heavy atom. The molecule has 3 heteroatoms. The quantitative estimate of drug-likeness (QED) is 0.548. The highest BCUT2D eigenvalue weighted by molar-refractivity contribution is 8.00. The van der Waals surface area contributed by atoms with Crippen molar-refractivity contribution in [2.45, 2.75) is 57.2 Å². The number of thioether (sulfide) groups is 1. The summed E-state index contributed by atoms with van der Waals surface area (Å²) in [4.78, 5) is 0. The van der Waals surface area contributed by atoms with Crippen molar-refractivity contribution in [2.24, 2.45) is 11.8 Å². The Hall–Kier alpha value is 0.270. The van der Waals surface area contributed by atoms with Gasteiger partial charge in [-0.25, -0.2) is 0 Å². The maximum Gasteiger partial charge on any atom is 0.0382 e. The molecule has 0 amide bonds. The SMILES string of the molecule is CCC(CC)C(NN)C1(C)CCCS1. The van der Waals surface area contributed by atoms with Crippen molar-refractivity contribution in [2.75, 3.05) is 5.75 Å². The van der Waals surface area contributed by atoms with Crippen molar-refractivity contribution in [1.29, 1.82) is 0 Å². The zero-order valence-corrected chi connectivity index (χ0v) is 10.5. The third-order valence-corrected chi connectivity index (χ3v) is 5.22. The summed E-state index contributed by atoms with van der Waals surface area (Å²) in [5, 5.41) is 0. The first-order valence-corrected chi connectivity index (χ1v) is 6.76. The fraction of sp³-hybridized carbons (Fsp3) is 1.00. The Morgan fingerprint density at radius 1 is 1.43 bits per heavy atom. The van der Waals surface area contributed by atoms with Crippen molar-refractivity contribution >= 4 is 11.8 Å². The molecule has 0 bridgehead atoms. The van der Waals surface area contributed by atoms with Gasteiger partial charge >= 0.3 is 0 Å². The van der Waals surface area contributed by atoms with Gasteiger partial charge in [-0.05, 0) is 31.4 Å². The Balaban J connectivity index is 2.68. The zero-order chi connectivity index (χ0) is 10.6. The largest absolute Gasteiger partial charge is 0.271 e. The number of hydrazine groups is 1. The monoisotopic (exact) mass is 216 g/mol. The van der Waals surface area contributed by atoms with Gasteiger partial charge in [-0.1, -0.05) is 26.7 Å². The predicted octanol–water partition coefficient (Wildman–Crippen LogP) is 2.54. The van der Waals surface area contributed by atoms with Gasteiger partial charge in [0, 0.05) is 10.8 Å². The van der Waals surface area contributed by atoms with E-state index < -0.39 is 0 Å². The minimum absolute atomic E-state index is 0.367. The molecule has 1 aliphatic rings. The zero-order valence-electron chi connectivity index (χ0n) is 9.68. The Kier molecular flexibility index (Phi) is 4.74. The lowest BCUT2D eigenvalue weighted by atomic mass is 9.83. The van der Waals surface area contributed by atoms with Crippen LogP contribution in [0.2, 0.25) is 0 Å². The van der Waals surface area contributed by atoms with Crippen molar-refractivity contribution in [3.8, 4) is 0 Å². The average Bonchev–Trinajstić information content (AvgIpc) is 2.62. The van der Waals surface area contributed by atoms with Crippen LogP contribution < -0.4 is 11.3 Å². The molecule has 0 aliphatic carbocycles. The van der Waals surface area contributed by atoms with Gasteiger partial charge in [0.25, 0.3) is 0 Å². The van der Waals surface area contributed by atoms with Crippen molar-refractivity contribution in [3.05, 3.63) is 0 Å². The lowest BCUT2D eigenvalue weighted by molar-refractivity contribution is 0.277. The van der Waals surface area contributed by atoms with Gasteiger partial charge in [0.1, 0.15) is 0 Å². The van der Waals surface area contributed by atoms with E-state index >= 15 is 0 Å². The first-order chi connectivity index (χ1) is 6.68. The topological polar surface area (TPSA) is 38.0 Å². The first-order valence-electron chi connectivity index (χ1n) is 5.78. The van der Waals surface area contributed by atoms with Crippen LogP contribution in [0.1, 0.15) is 46.5 Å². The van der Waals surface area contributed by atoms with E-state index in [1.807, 2.05) is 0 Å². The highest BCUT2D eigenvalue weighted by Crippen LogP contribution is 2.43. The van der Waals surface area contributed by atoms with E-state index in [1.165, 1.54) is 31.4 Å². The number of rotatable bonds is 5. The molecule has 1 aliphatic heterocycles. The third kappa shape index (κ3) is 2.44. The number of nitrogens with two attached hydrogens (primary N) is 1. The van der Waals surface area contributed by atoms with Crippen LogP contribution in [0, 0.1) is 5.92 Å². The van der Waals surface area contributed by atoms with Crippen LogP contribution >= 0.6 is 11.8 Å². The third-order valence-electron chi connectivity index (χ3n) is 3.61. The maximum absolute atomic E-state index is 5.73. The van der Waals surface area contributed by atoms with E-state index in [0.29, 0.717) is 10.8 Å². The van der Waals surface area contributed by atoms with E-state index in [4.69, 9.17) is 5.84 Å². The summed E-state index contributed by atoms with van der Waals surface area (Å²) in [5.74, 6) is 7.75. The number of hydrogen-bond donors (Lipinski definition) is 2. The van der Waals surface area contributed by atoms with Gasteiger partial charge in [0.2, 0.25) is 0 Å². The van der Waals surface area contributed by atoms with E-state index in [1.54, 1.807) is 0 Å². The molecule has 0 spiro atoms. The van der Waals surface area contributed by atoms with Crippen molar-refractivity contribution in [3.63, 3.8) is 0 Å². The van der Waals surface area contributed by atoms with Crippen molar-refractivity contribution < 1.29 is 0 Å². The lowest BCUT2D eigenvalue weighted by Gasteiger charge is -2.37. The van der Waals surface area contributed by atoms with E-state index in [0.717, 1.165) is 5.92 Å². The van der Waals surface area contributed by atoms with Crippen LogP contribution in [0.15, 0.2) is 0 Å². The second-order valence-electron chi connectivity index (χ2n) is 4.49. The molecule has 1 saturated heterocycles. The molecular weight excluding hydrogens is 192 g/mol. The van der Waals surface area contributed by atoms with Gasteiger partial charge in [-0.3, -0.25) is 11.3 Å². The van der Waals surface area contributed by atoms with Gasteiger partial charge < -0.3 is 0 Å². The van der Waals surface area contributed by atoms with Crippen LogP contribution in [0.4, 0.5) is 0 Å². The summed E-state index contributed by atoms with van der Waals surface area (Å²) >= 11 is 2.09. The molecule has 0 radical (unpaired) electrons. The molecule has 3 N–H and O–H groups in total. The Morgan fingerprint density at radius 3 is 2.43 bits per heavy atom. The summed E-state index contributed by atoms with van der Waals surface area (Å²) in [5.41, 5.74) is 3.07. The second kappa shape index (κ2) is 5.38. The fourth-order valence-corrected chi connectivity index (χ4v) is 4.10. The molecule has 14 heavy (non-hydrogen) atoms. The summed E-state index contributed by atoms with van der Waals surface area (Å²) in [6.07, 6.45) is 5.10. The molecule has 84 valence electrons. The van der Waals surface area contributed by atoms with E-state index in [9.17, 15) is 0 Å². The van der Waals surface area contributed by atoms with Crippen LogP contribution in [0.5, 0.6) is 0 Å². The number of hydrogen-bond acceptors (Lipinski definition) is 3. The van der Waals surface area contributed by atoms with Crippen LogP contribution in [0.3, 0.4) is 0 Å². The molecule has 1 heterocycles. The molecular formula is C11H24N2S. The smallest absolute Gasteiger partial charge is 0.0382 e. The van der Waals surface area contributed by atoms with Crippen LogP contribution in [0.25, 0.3) is 0 Å². The average molecular weight is 216 g/mol. The van der Waals surface area contributed by atoms with Gasteiger partial charge in [-0.15, -0.1) is 0 Å². The summed E-state index contributed by atoms with van der Waals surface area (Å²) in [6, 6.07) is 0.477. The fourth-order valence-electron chi connectivity index (χ4n) is 2.62. The summed E-state index contributed by atoms with van der Waals surface area (Å²) in [7, 11) is 0. The van der Waals surface area contributed by atoms with E-state index in [-0.39, 0.29) is 0 Å². The molecule has 1 fully saturated rings. The molecule has 0 aromatic rings. The number of nitrogens with one attached hydrogen (secondary N) is 1. The Labute approximate surface area is 92.4 Å². The normalized spacial score (nSPS) is 29.8. The van der Waals surface area contributed by atoms with Gasteiger partial charge in [0.05, 0.1) is 0 Å². The van der Waals surface area contributed by atoms with Crippen molar-refractivity contribution in [1.82, 2.24) is 5.43 Å². The standard InChI is InChI=1S/C11H24N2S/c1-4-9(5-2)10(13-12)11(3)7-6-8-14-11/h9-10,13H,4-8,12H2,1-3H3. The van der Waals surface area contributed by atoms with Crippen LogP contribution in [-0.2, 0) is 0 Å². The highest BCUT2D eigenvalue weighted by atomic mass is 32.2. The minimum atomic E-state index is 0.367. The highest BCUT2D eigenvalue weighted by Gasteiger charge is 2.40. The van der Waals surface area contributed by atoms with Gasteiger partial charge in [0.15, 0.2) is 0 Å². The molecule has 0 aromatic heterocycles. The summed E-state index contributed by atoms with van der Waals surface area (Å²) in [6.45, 7) is 6.90.